The Morgan fingerprint density at radius 1 is 0.926 bits per heavy atom. The molecule has 1 amide bonds. The molecule has 0 radical (unpaired) electrons. The lowest BCUT2D eigenvalue weighted by Gasteiger charge is -2.34. The van der Waals surface area contributed by atoms with E-state index in [-0.39, 0.29) is 36.8 Å². The largest absolute Gasteiger partial charge is 0.336 e. The number of hydrogen-bond donors (Lipinski definition) is 0. The van der Waals surface area contributed by atoms with Gasteiger partial charge in [0.1, 0.15) is 17.5 Å². The van der Waals surface area contributed by atoms with Gasteiger partial charge in [-0.2, -0.15) is 4.31 Å². The lowest BCUT2D eigenvalue weighted by molar-refractivity contribution is 0.0693. The Hall–Kier alpha value is -2.10. The number of benzene rings is 2. The fourth-order valence-electron chi connectivity index (χ4n) is 2.82. The Balaban J connectivity index is 1.77. The number of sulfonamides is 1. The molecule has 1 aliphatic rings. The van der Waals surface area contributed by atoms with Gasteiger partial charge in [-0.25, -0.2) is 21.6 Å². The van der Waals surface area contributed by atoms with Gasteiger partial charge < -0.3 is 4.90 Å². The number of carbonyl (C=O) groups is 1. The second-order valence-corrected chi connectivity index (χ2v) is 8.18. The van der Waals surface area contributed by atoms with E-state index in [0.29, 0.717) is 0 Å². The molecule has 0 spiro atoms. The van der Waals surface area contributed by atoms with Crippen LogP contribution in [-0.4, -0.2) is 49.7 Å². The monoisotopic (exact) mass is 418 g/mol. The maximum atomic E-state index is 13.9. The number of halogens is 4. The highest BCUT2D eigenvalue weighted by Gasteiger charge is 2.34. The third-order valence-corrected chi connectivity index (χ3v) is 6.39. The average Bonchev–Trinajstić information content (AvgIpc) is 2.63. The van der Waals surface area contributed by atoms with Crippen LogP contribution in [0.2, 0.25) is 5.02 Å². The van der Waals surface area contributed by atoms with Crippen molar-refractivity contribution in [1.29, 1.82) is 0 Å². The molecule has 10 heteroatoms. The number of rotatable bonds is 3. The van der Waals surface area contributed by atoms with Gasteiger partial charge in [0.15, 0.2) is 4.90 Å². The predicted molar refractivity (Wildman–Crippen MR) is 92.4 cm³/mol. The highest BCUT2D eigenvalue weighted by Crippen LogP contribution is 2.24. The SMILES string of the molecule is O=C(c1cc(Cl)ccc1F)N1CCN(S(=O)(=O)c2c(F)cccc2F)CC1. The van der Waals surface area contributed by atoms with Gasteiger partial charge in [-0.3, -0.25) is 4.79 Å². The summed E-state index contributed by atoms with van der Waals surface area (Å²) in [4.78, 5) is 12.7. The molecule has 2 aromatic carbocycles. The third-order valence-electron chi connectivity index (χ3n) is 4.20. The first-order valence-corrected chi connectivity index (χ1v) is 9.72. The van der Waals surface area contributed by atoms with Crippen LogP contribution >= 0.6 is 11.6 Å². The van der Waals surface area contributed by atoms with E-state index in [0.717, 1.165) is 28.6 Å². The van der Waals surface area contributed by atoms with E-state index in [1.54, 1.807) is 0 Å². The first-order valence-electron chi connectivity index (χ1n) is 7.90. The van der Waals surface area contributed by atoms with Gasteiger partial charge in [-0.1, -0.05) is 17.7 Å². The summed E-state index contributed by atoms with van der Waals surface area (Å²) >= 11 is 5.78. The van der Waals surface area contributed by atoms with Crippen LogP contribution in [0.3, 0.4) is 0 Å². The van der Waals surface area contributed by atoms with Gasteiger partial charge >= 0.3 is 0 Å². The highest BCUT2D eigenvalue weighted by atomic mass is 35.5. The smallest absolute Gasteiger partial charge is 0.256 e. The summed E-state index contributed by atoms with van der Waals surface area (Å²) in [5.41, 5.74) is -0.223. The topological polar surface area (TPSA) is 57.7 Å². The Labute approximate surface area is 159 Å². The molecular formula is C17H14ClF3N2O3S. The summed E-state index contributed by atoms with van der Waals surface area (Å²) in [6.07, 6.45) is 0. The van der Waals surface area contributed by atoms with Crippen LogP contribution in [0.4, 0.5) is 13.2 Å². The van der Waals surface area contributed by atoms with Crippen LogP contribution in [-0.2, 0) is 10.0 Å². The lowest BCUT2D eigenvalue weighted by atomic mass is 10.1. The van der Waals surface area contributed by atoms with E-state index in [1.165, 1.54) is 17.0 Å². The fraction of sp³-hybridized carbons (Fsp3) is 0.235. The summed E-state index contributed by atoms with van der Waals surface area (Å²) in [5.74, 6) is -3.75. The molecule has 1 fully saturated rings. The summed E-state index contributed by atoms with van der Waals surface area (Å²) < 4.78 is 67.5. The second-order valence-electron chi connectivity index (χ2n) is 5.87. The molecule has 27 heavy (non-hydrogen) atoms. The minimum atomic E-state index is -4.40. The summed E-state index contributed by atoms with van der Waals surface area (Å²) in [6, 6.07) is 6.35. The van der Waals surface area contributed by atoms with Crippen molar-refractivity contribution in [2.45, 2.75) is 4.90 Å². The van der Waals surface area contributed by atoms with E-state index in [9.17, 15) is 26.4 Å². The van der Waals surface area contributed by atoms with Crippen molar-refractivity contribution in [3.63, 3.8) is 0 Å². The summed E-state index contributed by atoms with van der Waals surface area (Å²) in [6.45, 7) is -0.464. The molecule has 2 aromatic rings. The first kappa shape index (κ1) is 19.7. The fourth-order valence-corrected chi connectivity index (χ4v) is 4.52. The van der Waals surface area contributed by atoms with Crippen molar-refractivity contribution in [3.05, 3.63) is 64.4 Å². The normalized spacial score (nSPS) is 15.8. The minimum Gasteiger partial charge on any atom is -0.336 e. The number of amides is 1. The van der Waals surface area contributed by atoms with Crippen molar-refractivity contribution >= 4 is 27.5 Å². The maximum Gasteiger partial charge on any atom is 0.256 e. The number of carbonyl (C=O) groups excluding carboxylic acids is 1. The first-order chi connectivity index (χ1) is 12.7. The average molecular weight is 419 g/mol. The molecule has 0 aliphatic carbocycles. The van der Waals surface area contributed by atoms with Crippen molar-refractivity contribution in [1.82, 2.24) is 9.21 Å². The Morgan fingerprint density at radius 3 is 2.11 bits per heavy atom. The molecule has 1 saturated heterocycles. The van der Waals surface area contributed by atoms with E-state index < -0.39 is 38.3 Å². The van der Waals surface area contributed by atoms with Gasteiger partial charge in [0, 0.05) is 31.2 Å². The minimum absolute atomic E-state index is 0.0555. The van der Waals surface area contributed by atoms with Crippen molar-refractivity contribution in [3.8, 4) is 0 Å². The van der Waals surface area contributed by atoms with E-state index in [2.05, 4.69) is 0 Å². The quantitative estimate of drug-likeness (QED) is 0.770. The number of hydrogen-bond acceptors (Lipinski definition) is 3. The molecule has 0 saturated carbocycles. The van der Waals surface area contributed by atoms with Gasteiger partial charge in [0.05, 0.1) is 5.56 Å². The van der Waals surface area contributed by atoms with Crippen LogP contribution < -0.4 is 0 Å². The van der Waals surface area contributed by atoms with Crippen LogP contribution in [0, 0.1) is 17.5 Å². The second kappa shape index (κ2) is 7.49. The van der Waals surface area contributed by atoms with E-state index >= 15 is 0 Å². The molecule has 144 valence electrons. The zero-order valence-corrected chi connectivity index (χ0v) is 15.4. The molecule has 3 rings (SSSR count). The summed E-state index contributed by atoms with van der Waals surface area (Å²) in [7, 11) is -4.40. The predicted octanol–water partition coefficient (Wildman–Crippen LogP) is 2.90. The van der Waals surface area contributed by atoms with E-state index in [1.807, 2.05) is 0 Å². The van der Waals surface area contributed by atoms with Crippen molar-refractivity contribution < 1.29 is 26.4 Å². The van der Waals surface area contributed by atoms with Crippen LogP contribution in [0.25, 0.3) is 0 Å². The standard InChI is InChI=1S/C17H14ClF3N2O3S/c18-11-4-5-13(19)12(10-11)17(24)22-6-8-23(9-7-22)27(25,26)16-14(20)2-1-3-15(16)21/h1-5,10H,6-9H2. The molecule has 0 N–H and O–H groups in total. The molecule has 5 nitrogen and oxygen atoms in total. The zero-order valence-electron chi connectivity index (χ0n) is 13.8. The van der Waals surface area contributed by atoms with E-state index in [4.69, 9.17) is 11.6 Å². The van der Waals surface area contributed by atoms with Gasteiger partial charge in [-0.05, 0) is 30.3 Å². The molecule has 0 aromatic heterocycles. The Morgan fingerprint density at radius 2 is 1.52 bits per heavy atom. The van der Waals surface area contributed by atoms with Crippen LogP contribution in [0.1, 0.15) is 10.4 Å². The lowest BCUT2D eigenvalue weighted by Crippen LogP contribution is -2.50. The molecule has 0 bridgehead atoms. The van der Waals surface area contributed by atoms with Crippen LogP contribution in [0.15, 0.2) is 41.3 Å². The highest BCUT2D eigenvalue weighted by molar-refractivity contribution is 7.89. The Bertz CT molecular complexity index is 973. The zero-order chi connectivity index (χ0) is 19.8. The van der Waals surface area contributed by atoms with Gasteiger partial charge in [0.25, 0.3) is 5.91 Å². The molecule has 1 aliphatic heterocycles. The summed E-state index contributed by atoms with van der Waals surface area (Å²) in [5, 5.41) is 0.191. The number of piperazine rings is 1. The van der Waals surface area contributed by atoms with Crippen molar-refractivity contribution in [2.75, 3.05) is 26.2 Å². The molecular weight excluding hydrogens is 405 g/mol. The molecule has 0 unspecified atom stereocenters. The molecule has 0 atom stereocenters. The molecule has 1 heterocycles. The third kappa shape index (κ3) is 3.80. The van der Waals surface area contributed by atoms with Crippen LogP contribution in [0.5, 0.6) is 0 Å². The maximum absolute atomic E-state index is 13.9. The van der Waals surface area contributed by atoms with Gasteiger partial charge in [-0.15, -0.1) is 0 Å². The number of nitrogens with zero attached hydrogens (tertiary/aromatic N) is 2. The Kier molecular flexibility index (Phi) is 5.45. The van der Waals surface area contributed by atoms with Gasteiger partial charge in [0.2, 0.25) is 10.0 Å². The van der Waals surface area contributed by atoms with Crippen molar-refractivity contribution in [2.24, 2.45) is 0 Å².